The first-order chi connectivity index (χ1) is 20.5. The van der Waals surface area contributed by atoms with Crippen LogP contribution < -0.4 is 5.32 Å². The Morgan fingerprint density at radius 1 is 0.744 bits per heavy atom. The van der Waals surface area contributed by atoms with E-state index >= 15 is 0 Å². The van der Waals surface area contributed by atoms with Gasteiger partial charge in [-0.25, -0.2) is 4.18 Å². The van der Waals surface area contributed by atoms with Crippen LogP contribution in [0.3, 0.4) is 0 Å². The minimum atomic E-state index is -4.74. The summed E-state index contributed by atoms with van der Waals surface area (Å²) in [4.78, 5) is 12.5. The van der Waals surface area contributed by atoms with Gasteiger partial charge < -0.3 is 15.5 Å². The van der Waals surface area contributed by atoms with E-state index in [0.29, 0.717) is 6.42 Å². The number of hydrogen-bond acceptors (Lipinski definition) is 6. The normalized spacial score (nSPS) is 15.2. The highest BCUT2D eigenvalue weighted by molar-refractivity contribution is 7.80. The summed E-state index contributed by atoms with van der Waals surface area (Å²) in [5.41, 5.74) is 0. The summed E-state index contributed by atoms with van der Waals surface area (Å²) in [5, 5.41) is 23.4. The molecular formula is C34H67NO7S. The van der Waals surface area contributed by atoms with Gasteiger partial charge in [0.2, 0.25) is 5.91 Å². The summed E-state index contributed by atoms with van der Waals surface area (Å²) in [5.74, 6) is 0.889. The van der Waals surface area contributed by atoms with Crippen molar-refractivity contribution in [2.45, 2.75) is 181 Å². The molecule has 0 aromatic heterocycles. The molecule has 43 heavy (non-hydrogen) atoms. The molecule has 0 rings (SSSR count). The van der Waals surface area contributed by atoms with E-state index in [1.54, 1.807) is 0 Å². The van der Waals surface area contributed by atoms with Gasteiger partial charge >= 0.3 is 10.4 Å². The number of unbranched alkanes of at least 4 members (excludes halogenated alkanes) is 15. The van der Waals surface area contributed by atoms with Crippen LogP contribution in [0.5, 0.6) is 0 Å². The summed E-state index contributed by atoms with van der Waals surface area (Å²) in [6.07, 6.45) is 24.4. The van der Waals surface area contributed by atoms with Crippen LogP contribution in [0.2, 0.25) is 0 Å². The lowest BCUT2D eigenvalue weighted by Gasteiger charge is -2.23. The number of aliphatic hydroxyl groups excluding tert-OH is 2. The molecule has 0 heterocycles. The molecule has 4 N–H and O–H groups in total. The van der Waals surface area contributed by atoms with E-state index in [1.165, 1.54) is 89.5 Å². The van der Waals surface area contributed by atoms with Crippen LogP contribution >= 0.6 is 0 Å². The largest absolute Gasteiger partial charge is 0.397 e. The molecule has 1 amide bonds. The van der Waals surface area contributed by atoms with Crippen molar-refractivity contribution in [1.82, 2.24) is 5.32 Å². The van der Waals surface area contributed by atoms with E-state index in [4.69, 9.17) is 4.55 Å². The molecule has 0 saturated heterocycles. The Bertz CT molecular complexity index is 788. The van der Waals surface area contributed by atoms with Crippen molar-refractivity contribution in [1.29, 1.82) is 0 Å². The van der Waals surface area contributed by atoms with Crippen LogP contribution in [0.15, 0.2) is 12.2 Å². The van der Waals surface area contributed by atoms with Gasteiger partial charge in [0.05, 0.1) is 18.8 Å². The van der Waals surface area contributed by atoms with Crippen LogP contribution in [0, 0.1) is 11.8 Å². The number of carbonyl (C=O) groups is 1. The molecule has 8 nitrogen and oxygen atoms in total. The summed E-state index contributed by atoms with van der Waals surface area (Å²) in [6.45, 7) is 8.42. The topological polar surface area (TPSA) is 133 Å². The van der Waals surface area contributed by atoms with Crippen LogP contribution in [-0.4, -0.2) is 53.9 Å². The predicted molar refractivity (Wildman–Crippen MR) is 177 cm³/mol. The van der Waals surface area contributed by atoms with Gasteiger partial charge in [0, 0.05) is 0 Å². The summed E-state index contributed by atoms with van der Waals surface area (Å²) in [6, 6.07) is -1.13. The van der Waals surface area contributed by atoms with E-state index in [-0.39, 0.29) is 6.42 Å². The number of allylic oxidation sites excluding steroid dienone is 1. The molecule has 0 saturated carbocycles. The lowest BCUT2D eigenvalue weighted by molar-refractivity contribution is -0.131. The van der Waals surface area contributed by atoms with Gasteiger partial charge in [-0.2, -0.15) is 8.42 Å². The van der Waals surface area contributed by atoms with E-state index in [0.717, 1.165) is 50.4 Å². The Morgan fingerprint density at radius 2 is 1.21 bits per heavy atom. The molecule has 0 aliphatic carbocycles. The first kappa shape index (κ1) is 42.0. The standard InChI is InChI=1S/C34H67NO7S/c1-5-30(4)25-21-17-14-15-19-23-27-33(37)34(38)35-31(28-42-43(39,40)41)32(36)26-22-18-13-11-9-7-6-8-10-12-16-20-24-29(2)3/h22,26,29-33,36-37H,5-21,23-25,27-28H2,1-4H3,(H,35,38)(H,39,40,41)/b26-22+. The van der Waals surface area contributed by atoms with Crippen molar-refractivity contribution in [2.24, 2.45) is 11.8 Å². The Balaban J connectivity index is 4.25. The monoisotopic (exact) mass is 633 g/mol. The molecule has 0 radical (unpaired) electrons. The van der Waals surface area contributed by atoms with Crippen molar-refractivity contribution in [3.05, 3.63) is 12.2 Å². The van der Waals surface area contributed by atoms with Gasteiger partial charge in [0.1, 0.15) is 6.10 Å². The maximum atomic E-state index is 12.5. The fourth-order valence-electron chi connectivity index (χ4n) is 5.14. The molecule has 9 heteroatoms. The predicted octanol–water partition coefficient (Wildman–Crippen LogP) is 8.07. The Kier molecular flexibility index (Phi) is 26.7. The molecule has 0 aliphatic heterocycles. The number of nitrogens with one attached hydrogen (secondary N) is 1. The third-order valence-corrected chi connectivity index (χ3v) is 8.73. The Morgan fingerprint density at radius 3 is 1.70 bits per heavy atom. The quantitative estimate of drug-likeness (QED) is 0.0357. The minimum Gasteiger partial charge on any atom is -0.387 e. The van der Waals surface area contributed by atoms with Crippen molar-refractivity contribution < 1.29 is 32.2 Å². The van der Waals surface area contributed by atoms with Crippen LogP contribution in [0.1, 0.15) is 163 Å². The molecule has 0 bridgehead atoms. The van der Waals surface area contributed by atoms with Gasteiger partial charge in [0.25, 0.3) is 0 Å². The lowest BCUT2D eigenvalue weighted by atomic mass is 9.99. The molecule has 0 aliphatic rings. The highest BCUT2D eigenvalue weighted by Crippen LogP contribution is 2.16. The van der Waals surface area contributed by atoms with Crippen molar-refractivity contribution in [3.8, 4) is 0 Å². The van der Waals surface area contributed by atoms with E-state index < -0.39 is 41.2 Å². The molecule has 0 aromatic rings. The zero-order chi connectivity index (χ0) is 32.3. The Hall–Kier alpha value is -1.00. The molecule has 0 spiro atoms. The highest BCUT2D eigenvalue weighted by atomic mass is 32.3. The van der Waals surface area contributed by atoms with Gasteiger partial charge in [-0.05, 0) is 31.1 Å². The van der Waals surface area contributed by atoms with E-state index in [2.05, 4.69) is 37.2 Å². The maximum Gasteiger partial charge on any atom is 0.397 e. The summed E-state index contributed by atoms with van der Waals surface area (Å²) in [7, 11) is -4.74. The van der Waals surface area contributed by atoms with Crippen molar-refractivity contribution in [3.63, 3.8) is 0 Å². The molecule has 256 valence electrons. The molecule has 4 unspecified atom stereocenters. The van der Waals surface area contributed by atoms with Gasteiger partial charge in [-0.3, -0.25) is 9.35 Å². The second-order valence-electron chi connectivity index (χ2n) is 13.0. The average molecular weight is 634 g/mol. The van der Waals surface area contributed by atoms with Gasteiger partial charge in [-0.1, -0.05) is 155 Å². The number of amides is 1. The maximum absolute atomic E-state index is 12.5. The highest BCUT2D eigenvalue weighted by Gasteiger charge is 2.25. The van der Waals surface area contributed by atoms with E-state index in [1.807, 2.05) is 6.08 Å². The smallest absolute Gasteiger partial charge is 0.387 e. The molecule has 0 aromatic carbocycles. The second-order valence-corrected chi connectivity index (χ2v) is 14.1. The molecular weight excluding hydrogens is 566 g/mol. The molecule has 4 atom stereocenters. The van der Waals surface area contributed by atoms with Crippen LogP contribution in [-0.2, 0) is 19.4 Å². The van der Waals surface area contributed by atoms with Crippen LogP contribution in [0.4, 0.5) is 0 Å². The lowest BCUT2D eigenvalue weighted by Crippen LogP contribution is -2.49. The summed E-state index contributed by atoms with van der Waals surface area (Å²) < 4.78 is 35.5. The van der Waals surface area contributed by atoms with Gasteiger partial charge in [-0.15, -0.1) is 0 Å². The zero-order valence-corrected chi connectivity index (χ0v) is 28.8. The number of aliphatic hydroxyl groups is 2. The van der Waals surface area contributed by atoms with Crippen LogP contribution in [0.25, 0.3) is 0 Å². The number of rotatable bonds is 30. The van der Waals surface area contributed by atoms with Crippen molar-refractivity contribution in [2.75, 3.05) is 6.61 Å². The first-order valence-corrected chi connectivity index (χ1v) is 18.8. The first-order valence-electron chi connectivity index (χ1n) is 17.4. The van der Waals surface area contributed by atoms with Gasteiger partial charge in [0.15, 0.2) is 0 Å². The third kappa shape index (κ3) is 28.2. The van der Waals surface area contributed by atoms with Crippen molar-refractivity contribution >= 4 is 16.3 Å². The third-order valence-electron chi connectivity index (χ3n) is 8.30. The number of hydrogen-bond donors (Lipinski definition) is 4. The molecule has 0 fully saturated rings. The second kappa shape index (κ2) is 27.3. The minimum absolute atomic E-state index is 0.287. The summed E-state index contributed by atoms with van der Waals surface area (Å²) >= 11 is 0. The average Bonchev–Trinajstić information content (AvgIpc) is 2.95. The number of carbonyl (C=O) groups excluding carboxylic acids is 1. The van der Waals surface area contributed by atoms with E-state index in [9.17, 15) is 23.4 Å². The fraction of sp³-hybridized carbons (Fsp3) is 0.912. The Labute approximate surface area is 264 Å². The zero-order valence-electron chi connectivity index (χ0n) is 28.0. The fourth-order valence-corrected chi connectivity index (χ4v) is 5.45. The SMILES string of the molecule is CCC(C)CCCCCCCCC(O)C(=O)NC(COS(=O)(=O)O)C(O)/C=C/CCCCCCCCCCCCC(C)C.